The normalized spacial score (nSPS) is 15.3. The van der Waals surface area contributed by atoms with Gasteiger partial charge in [-0.15, -0.1) is 0 Å². The third kappa shape index (κ3) is 5.76. The zero-order chi connectivity index (χ0) is 27.2. The van der Waals surface area contributed by atoms with Gasteiger partial charge in [0.15, 0.2) is 5.78 Å². The van der Waals surface area contributed by atoms with E-state index in [9.17, 15) is 4.79 Å². The number of ketones is 1. The average Bonchev–Trinajstić information content (AvgIpc) is 3.41. The Morgan fingerprint density at radius 2 is 1.79 bits per heavy atom. The first-order valence-electron chi connectivity index (χ1n) is 12.9. The van der Waals surface area contributed by atoms with Gasteiger partial charge in [-0.05, 0) is 48.2 Å². The molecule has 0 amide bonds. The molecule has 5 rings (SSSR count). The maximum absolute atomic E-state index is 13.0. The van der Waals surface area contributed by atoms with E-state index in [1.54, 1.807) is 19.4 Å². The highest BCUT2D eigenvalue weighted by molar-refractivity contribution is 6.10. The van der Waals surface area contributed by atoms with Crippen molar-refractivity contribution >= 4 is 23.0 Å². The number of fused-ring (bicyclic) bond motifs is 1. The molecule has 1 atom stereocenters. The Hall–Kier alpha value is -4.69. The van der Waals surface area contributed by atoms with E-state index in [1.807, 2.05) is 60.7 Å². The first-order chi connectivity index (χ1) is 19.1. The molecule has 0 bridgehead atoms. The number of imidazole rings is 1. The maximum atomic E-state index is 13.0. The number of ether oxygens (including phenoxy) is 1. The molecule has 3 aromatic carbocycles. The number of carbonyl (C=O) groups excluding carboxylic acids is 1. The number of allylic oxidation sites excluding steroid dienone is 1. The zero-order valence-corrected chi connectivity index (χ0v) is 22.0. The maximum Gasteiger partial charge on any atom is 0.193 e. The molecule has 8 nitrogen and oxygen atoms in total. The lowest BCUT2D eigenvalue weighted by atomic mass is 10.0. The minimum Gasteiger partial charge on any atom is -0.497 e. The van der Waals surface area contributed by atoms with Gasteiger partial charge < -0.3 is 20.4 Å². The molecule has 4 aromatic rings. The summed E-state index contributed by atoms with van der Waals surface area (Å²) in [5.41, 5.74) is 9.45. The topological polar surface area (TPSA) is 99.8 Å². The summed E-state index contributed by atoms with van der Waals surface area (Å²) in [6.07, 6.45) is 4.78. The predicted molar refractivity (Wildman–Crippen MR) is 155 cm³/mol. The monoisotopic (exact) mass is 520 g/mol. The van der Waals surface area contributed by atoms with E-state index < -0.39 is 0 Å². The number of nitrogens with zero attached hydrogens (tertiary/aromatic N) is 4. The van der Waals surface area contributed by atoms with Crippen molar-refractivity contribution in [2.45, 2.75) is 6.04 Å². The minimum absolute atomic E-state index is 0.0127. The van der Waals surface area contributed by atoms with Crippen LogP contribution in [0.25, 0.3) is 11.0 Å². The fraction of sp³-hybridized carbons (Fsp3) is 0.194. The highest BCUT2D eigenvalue weighted by Crippen LogP contribution is 2.31. The van der Waals surface area contributed by atoms with Crippen LogP contribution in [0.4, 0.5) is 0 Å². The summed E-state index contributed by atoms with van der Waals surface area (Å²) < 4.78 is 5.39. The lowest BCUT2D eigenvalue weighted by Crippen LogP contribution is -2.47. The predicted octanol–water partition coefficient (Wildman–Crippen LogP) is 4.52. The second kappa shape index (κ2) is 11.8. The van der Waals surface area contributed by atoms with E-state index >= 15 is 0 Å². The van der Waals surface area contributed by atoms with Crippen LogP contribution in [0.5, 0.6) is 5.75 Å². The number of aromatic nitrogens is 2. The van der Waals surface area contributed by atoms with Gasteiger partial charge in [0.1, 0.15) is 17.4 Å². The number of methoxy groups -OCH3 is 1. The first-order valence-corrected chi connectivity index (χ1v) is 12.9. The molecule has 1 aliphatic rings. The third-order valence-corrected chi connectivity index (χ3v) is 6.95. The van der Waals surface area contributed by atoms with E-state index in [4.69, 9.17) is 15.5 Å². The van der Waals surface area contributed by atoms with E-state index in [0.717, 1.165) is 54.3 Å². The zero-order valence-electron chi connectivity index (χ0n) is 22.0. The molecule has 1 aromatic heterocycles. The van der Waals surface area contributed by atoms with Crippen LogP contribution in [0.15, 0.2) is 102 Å². The number of rotatable bonds is 9. The van der Waals surface area contributed by atoms with Crippen LogP contribution in [0.2, 0.25) is 0 Å². The van der Waals surface area contributed by atoms with Crippen molar-refractivity contribution in [3.8, 4) is 5.75 Å². The molecular weight excluding hydrogens is 488 g/mol. The van der Waals surface area contributed by atoms with Gasteiger partial charge in [0.2, 0.25) is 0 Å². The van der Waals surface area contributed by atoms with Gasteiger partial charge in [0, 0.05) is 43.5 Å². The number of nitrogens with two attached hydrogens (primary N) is 1. The van der Waals surface area contributed by atoms with Crippen molar-refractivity contribution in [1.29, 1.82) is 0 Å². The number of piperazine rings is 1. The highest BCUT2D eigenvalue weighted by Gasteiger charge is 2.29. The van der Waals surface area contributed by atoms with Gasteiger partial charge in [0.25, 0.3) is 0 Å². The molecule has 1 saturated heterocycles. The highest BCUT2D eigenvalue weighted by atomic mass is 16.5. The average molecular weight is 521 g/mol. The van der Waals surface area contributed by atoms with E-state index in [0.29, 0.717) is 16.9 Å². The number of hydrogen-bond donors (Lipinski definition) is 2. The molecule has 0 aliphatic carbocycles. The fourth-order valence-corrected chi connectivity index (χ4v) is 4.88. The molecule has 1 aliphatic heterocycles. The Balaban J connectivity index is 1.43. The Labute approximate surface area is 228 Å². The van der Waals surface area contributed by atoms with Crippen molar-refractivity contribution in [3.05, 3.63) is 120 Å². The molecule has 1 unspecified atom stereocenters. The number of nitrogens with one attached hydrogen (secondary N) is 1. The minimum atomic E-state index is -0.101. The number of hydrogen-bond acceptors (Lipinski definition) is 7. The van der Waals surface area contributed by atoms with Crippen LogP contribution in [0.3, 0.4) is 0 Å². The summed E-state index contributed by atoms with van der Waals surface area (Å²) in [6.45, 7) is 7.27. The van der Waals surface area contributed by atoms with Crippen LogP contribution in [0.1, 0.15) is 33.4 Å². The number of aliphatic imine (C=N–C) groups is 1. The third-order valence-electron chi connectivity index (χ3n) is 6.95. The molecule has 8 heteroatoms. The lowest BCUT2D eigenvalue weighted by Gasteiger charge is -2.39. The Bertz CT molecular complexity index is 1500. The van der Waals surface area contributed by atoms with Gasteiger partial charge in [-0.2, -0.15) is 0 Å². The van der Waals surface area contributed by atoms with E-state index in [1.165, 1.54) is 6.20 Å². The van der Waals surface area contributed by atoms with Crippen LogP contribution in [-0.4, -0.2) is 65.1 Å². The molecule has 198 valence electrons. The van der Waals surface area contributed by atoms with E-state index in [2.05, 4.69) is 38.5 Å². The number of H-pyrrole nitrogens is 1. The molecule has 39 heavy (non-hydrogen) atoms. The SMILES string of the molecule is C=C(/N=C\C=C/N)N1CCN(C(c2ccc(OC)cc2)c2nc3ccc(C(=O)c4ccccc4)cc3[nH]2)CC1. The van der Waals surface area contributed by atoms with Crippen molar-refractivity contribution < 1.29 is 9.53 Å². The Kier molecular flexibility index (Phi) is 7.84. The standard InChI is InChI=1S/C31H32N6O2/c1-22(33-16-6-15-32)36-17-19-37(20-18-36)29(23-9-12-26(39-2)13-10-23)31-34-27-14-11-25(21-28(27)35-31)30(38)24-7-4-3-5-8-24/h3-16,21,29H,1,17-20,32H2,2H3,(H,34,35)/b15-6-,33-16-. The number of benzene rings is 3. The van der Waals surface area contributed by atoms with Crippen LogP contribution >= 0.6 is 0 Å². The molecule has 1 fully saturated rings. The molecule has 0 saturated carbocycles. The summed E-state index contributed by atoms with van der Waals surface area (Å²) in [5, 5.41) is 0. The lowest BCUT2D eigenvalue weighted by molar-refractivity contribution is 0.103. The molecule has 0 spiro atoms. The summed E-state index contributed by atoms with van der Waals surface area (Å²) in [7, 11) is 1.66. The molecular formula is C31H32N6O2. The summed E-state index contributed by atoms with van der Waals surface area (Å²) >= 11 is 0. The second-order valence-electron chi connectivity index (χ2n) is 9.33. The largest absolute Gasteiger partial charge is 0.497 e. The van der Waals surface area contributed by atoms with Crippen molar-refractivity contribution in [1.82, 2.24) is 19.8 Å². The van der Waals surface area contributed by atoms with Gasteiger partial charge in [-0.3, -0.25) is 9.69 Å². The van der Waals surface area contributed by atoms with Gasteiger partial charge >= 0.3 is 0 Å². The van der Waals surface area contributed by atoms with Gasteiger partial charge in [0.05, 0.1) is 24.2 Å². The van der Waals surface area contributed by atoms with Crippen molar-refractivity contribution in [2.75, 3.05) is 33.3 Å². The molecule has 3 N–H and O–H groups in total. The van der Waals surface area contributed by atoms with Gasteiger partial charge in [-0.25, -0.2) is 9.98 Å². The molecule has 2 heterocycles. The Morgan fingerprint density at radius 1 is 1.05 bits per heavy atom. The molecule has 0 radical (unpaired) electrons. The fourth-order valence-electron chi connectivity index (χ4n) is 4.88. The van der Waals surface area contributed by atoms with Crippen LogP contribution in [-0.2, 0) is 0 Å². The second-order valence-corrected chi connectivity index (χ2v) is 9.33. The van der Waals surface area contributed by atoms with E-state index in [-0.39, 0.29) is 11.8 Å². The van der Waals surface area contributed by atoms with Crippen molar-refractivity contribution in [3.63, 3.8) is 0 Å². The summed E-state index contributed by atoms with van der Waals surface area (Å²) in [5.74, 6) is 2.34. The summed E-state index contributed by atoms with van der Waals surface area (Å²) in [6, 6.07) is 23.0. The number of aromatic amines is 1. The van der Waals surface area contributed by atoms with Gasteiger partial charge in [-0.1, -0.05) is 49.0 Å². The first kappa shape index (κ1) is 25.9. The summed E-state index contributed by atoms with van der Waals surface area (Å²) in [4.78, 5) is 30.5. The van der Waals surface area contributed by atoms with Crippen molar-refractivity contribution in [2.24, 2.45) is 10.7 Å². The number of carbonyl (C=O) groups is 1. The van der Waals surface area contributed by atoms with Crippen LogP contribution < -0.4 is 10.5 Å². The van der Waals surface area contributed by atoms with Crippen LogP contribution in [0, 0.1) is 0 Å². The quantitative estimate of drug-likeness (QED) is 0.249. The smallest absolute Gasteiger partial charge is 0.193 e. The Morgan fingerprint density at radius 3 is 2.49 bits per heavy atom.